The van der Waals surface area contributed by atoms with E-state index in [1.54, 1.807) is 12.1 Å². The summed E-state index contributed by atoms with van der Waals surface area (Å²) in [5.74, 6) is -1.63. The number of carbonyl (C=O) groups is 2. The van der Waals surface area contributed by atoms with Gasteiger partial charge in [0.1, 0.15) is 12.1 Å². The molecule has 1 aromatic rings. The second-order valence-corrected chi connectivity index (χ2v) is 4.15. The molecule has 104 valence electrons. The van der Waals surface area contributed by atoms with Gasteiger partial charge in [-0.05, 0) is 5.56 Å². The number of nitrogens with two attached hydrogens (primary N) is 1. The van der Waals surface area contributed by atoms with Crippen LogP contribution in [0.4, 0.5) is 0 Å². The van der Waals surface area contributed by atoms with Gasteiger partial charge in [0.05, 0.1) is 6.61 Å². The van der Waals surface area contributed by atoms with E-state index in [4.69, 9.17) is 15.6 Å². The SMILES string of the molecule is COCC(N)C(=O)N[C@@H](Cc1ccccc1)C(=O)O. The van der Waals surface area contributed by atoms with Gasteiger partial charge in [0, 0.05) is 13.5 Å². The molecule has 2 atom stereocenters. The van der Waals surface area contributed by atoms with Crippen LogP contribution in [-0.2, 0) is 20.7 Å². The van der Waals surface area contributed by atoms with Crippen LogP contribution in [0.3, 0.4) is 0 Å². The number of rotatable bonds is 7. The second kappa shape index (κ2) is 7.50. The standard InChI is InChI=1S/C13H18N2O4/c1-19-8-10(14)12(16)15-11(13(17)18)7-9-5-3-2-4-6-9/h2-6,10-11H,7-8,14H2,1H3,(H,15,16)(H,17,18)/t10?,11-/m0/s1. The average Bonchev–Trinajstić information content (AvgIpc) is 2.39. The minimum atomic E-state index is -1.10. The topological polar surface area (TPSA) is 102 Å². The molecule has 0 radical (unpaired) electrons. The van der Waals surface area contributed by atoms with Crippen molar-refractivity contribution < 1.29 is 19.4 Å². The van der Waals surface area contributed by atoms with E-state index >= 15 is 0 Å². The van der Waals surface area contributed by atoms with Crippen LogP contribution >= 0.6 is 0 Å². The lowest BCUT2D eigenvalue weighted by Gasteiger charge is -2.17. The predicted octanol–water partition coefficient (Wildman–Crippen LogP) is -0.228. The zero-order valence-electron chi connectivity index (χ0n) is 10.7. The van der Waals surface area contributed by atoms with Crippen molar-refractivity contribution in [2.75, 3.05) is 13.7 Å². The van der Waals surface area contributed by atoms with Crippen LogP contribution in [0.2, 0.25) is 0 Å². The fraction of sp³-hybridized carbons (Fsp3) is 0.385. The summed E-state index contributed by atoms with van der Waals surface area (Å²) >= 11 is 0. The number of carbonyl (C=O) groups excluding carboxylic acids is 1. The normalized spacial score (nSPS) is 13.6. The maximum Gasteiger partial charge on any atom is 0.326 e. The molecule has 1 amide bonds. The molecule has 1 unspecified atom stereocenters. The fourth-order valence-corrected chi connectivity index (χ4v) is 1.58. The maximum absolute atomic E-state index is 11.7. The first-order valence-corrected chi connectivity index (χ1v) is 5.86. The molecule has 0 aliphatic heterocycles. The van der Waals surface area contributed by atoms with Crippen molar-refractivity contribution in [1.82, 2.24) is 5.32 Å². The Bertz CT molecular complexity index is 422. The van der Waals surface area contributed by atoms with E-state index in [1.165, 1.54) is 7.11 Å². The summed E-state index contributed by atoms with van der Waals surface area (Å²) in [7, 11) is 1.42. The lowest BCUT2D eigenvalue weighted by atomic mass is 10.1. The van der Waals surface area contributed by atoms with Crippen molar-refractivity contribution >= 4 is 11.9 Å². The third-order valence-electron chi connectivity index (χ3n) is 2.58. The largest absolute Gasteiger partial charge is 0.480 e. The molecule has 0 aromatic heterocycles. The van der Waals surface area contributed by atoms with Crippen molar-refractivity contribution in [3.05, 3.63) is 35.9 Å². The third-order valence-corrected chi connectivity index (χ3v) is 2.58. The van der Waals surface area contributed by atoms with Crippen LogP contribution in [0.15, 0.2) is 30.3 Å². The van der Waals surface area contributed by atoms with Gasteiger partial charge in [-0.3, -0.25) is 4.79 Å². The van der Waals surface area contributed by atoms with Crippen molar-refractivity contribution in [2.24, 2.45) is 5.73 Å². The second-order valence-electron chi connectivity index (χ2n) is 4.15. The molecule has 0 saturated heterocycles. The van der Waals surface area contributed by atoms with Gasteiger partial charge in [-0.25, -0.2) is 4.79 Å². The Balaban J connectivity index is 2.64. The minimum absolute atomic E-state index is 0.0451. The van der Waals surface area contributed by atoms with E-state index in [1.807, 2.05) is 18.2 Å². The highest BCUT2D eigenvalue weighted by molar-refractivity contribution is 5.87. The number of carboxylic acid groups (broad SMARTS) is 1. The van der Waals surface area contributed by atoms with Crippen molar-refractivity contribution in [1.29, 1.82) is 0 Å². The van der Waals surface area contributed by atoms with Crippen LogP contribution in [0.5, 0.6) is 0 Å². The van der Waals surface area contributed by atoms with E-state index in [2.05, 4.69) is 5.32 Å². The fourth-order valence-electron chi connectivity index (χ4n) is 1.58. The van der Waals surface area contributed by atoms with Gasteiger partial charge in [-0.15, -0.1) is 0 Å². The van der Waals surface area contributed by atoms with Gasteiger partial charge >= 0.3 is 5.97 Å². The molecule has 19 heavy (non-hydrogen) atoms. The molecule has 0 aliphatic rings. The Morgan fingerprint density at radius 1 is 1.37 bits per heavy atom. The van der Waals surface area contributed by atoms with Gasteiger partial charge in [-0.1, -0.05) is 30.3 Å². The van der Waals surface area contributed by atoms with Crippen LogP contribution in [-0.4, -0.2) is 42.8 Å². The Hall–Kier alpha value is -1.92. The highest BCUT2D eigenvalue weighted by atomic mass is 16.5. The first-order chi connectivity index (χ1) is 9.04. The lowest BCUT2D eigenvalue weighted by Crippen LogP contribution is -2.50. The van der Waals surface area contributed by atoms with Crippen molar-refractivity contribution in [2.45, 2.75) is 18.5 Å². The number of aliphatic carboxylic acids is 1. The molecule has 0 bridgehead atoms. The molecule has 0 spiro atoms. The number of hydrogen-bond donors (Lipinski definition) is 3. The highest BCUT2D eigenvalue weighted by Crippen LogP contribution is 2.03. The number of benzene rings is 1. The van der Waals surface area contributed by atoms with Gasteiger partial charge in [0.25, 0.3) is 0 Å². The minimum Gasteiger partial charge on any atom is -0.480 e. The van der Waals surface area contributed by atoms with Gasteiger partial charge in [0.15, 0.2) is 0 Å². The third kappa shape index (κ3) is 5.07. The molecule has 4 N–H and O–H groups in total. The van der Waals surface area contributed by atoms with Crippen LogP contribution in [0.1, 0.15) is 5.56 Å². The molecular weight excluding hydrogens is 248 g/mol. The number of nitrogens with one attached hydrogen (secondary N) is 1. The zero-order valence-corrected chi connectivity index (χ0v) is 10.7. The molecule has 0 fully saturated rings. The molecule has 1 rings (SSSR count). The monoisotopic (exact) mass is 266 g/mol. The van der Waals surface area contributed by atoms with Gasteiger partial charge in [-0.2, -0.15) is 0 Å². The molecule has 0 heterocycles. The predicted molar refractivity (Wildman–Crippen MR) is 69.6 cm³/mol. The smallest absolute Gasteiger partial charge is 0.326 e. The van der Waals surface area contributed by atoms with Gasteiger partial charge < -0.3 is 20.9 Å². The van der Waals surface area contributed by atoms with Crippen LogP contribution < -0.4 is 11.1 Å². The quantitative estimate of drug-likeness (QED) is 0.633. The van der Waals surface area contributed by atoms with E-state index in [0.29, 0.717) is 0 Å². The summed E-state index contributed by atoms with van der Waals surface area (Å²) < 4.78 is 4.75. The van der Waals surface area contributed by atoms with Crippen molar-refractivity contribution in [3.63, 3.8) is 0 Å². The molecular formula is C13H18N2O4. The summed E-state index contributed by atoms with van der Waals surface area (Å²) in [6.07, 6.45) is 0.210. The number of methoxy groups -OCH3 is 1. The Morgan fingerprint density at radius 3 is 2.53 bits per heavy atom. The molecule has 6 nitrogen and oxygen atoms in total. The summed E-state index contributed by atoms with van der Waals surface area (Å²) in [5.41, 5.74) is 6.37. The summed E-state index contributed by atoms with van der Waals surface area (Å²) in [5, 5.41) is 11.5. The van der Waals surface area contributed by atoms with E-state index < -0.39 is 24.0 Å². The Morgan fingerprint density at radius 2 is 2.00 bits per heavy atom. The molecule has 1 aromatic carbocycles. The Kier molecular flexibility index (Phi) is 5.98. The summed E-state index contributed by atoms with van der Waals surface area (Å²) in [4.78, 5) is 22.8. The molecule has 0 aliphatic carbocycles. The van der Waals surface area contributed by atoms with Crippen LogP contribution in [0, 0.1) is 0 Å². The first-order valence-electron chi connectivity index (χ1n) is 5.86. The molecule has 0 saturated carbocycles. The van der Waals surface area contributed by atoms with Crippen molar-refractivity contribution in [3.8, 4) is 0 Å². The van der Waals surface area contributed by atoms with Gasteiger partial charge in [0.2, 0.25) is 5.91 Å². The first kappa shape index (κ1) is 15.1. The summed E-state index contributed by atoms with van der Waals surface area (Å²) in [6, 6.07) is 7.20. The average molecular weight is 266 g/mol. The molecule has 6 heteroatoms. The van der Waals surface area contributed by atoms with E-state index in [9.17, 15) is 9.59 Å². The highest BCUT2D eigenvalue weighted by Gasteiger charge is 2.23. The summed E-state index contributed by atoms with van der Waals surface area (Å²) in [6.45, 7) is 0.0451. The number of carboxylic acids is 1. The zero-order chi connectivity index (χ0) is 14.3. The number of hydrogen-bond acceptors (Lipinski definition) is 4. The Labute approximate surface area is 111 Å². The van der Waals surface area contributed by atoms with E-state index in [-0.39, 0.29) is 13.0 Å². The number of ether oxygens (including phenoxy) is 1. The van der Waals surface area contributed by atoms with Crippen LogP contribution in [0.25, 0.3) is 0 Å². The number of amides is 1. The van der Waals surface area contributed by atoms with E-state index in [0.717, 1.165) is 5.56 Å². The lowest BCUT2D eigenvalue weighted by molar-refractivity contribution is -0.142. The maximum atomic E-state index is 11.7.